The van der Waals surface area contributed by atoms with Crippen LogP contribution in [-0.4, -0.2) is 23.0 Å². The lowest BCUT2D eigenvalue weighted by atomic mass is 10.1. The third-order valence-electron chi connectivity index (χ3n) is 2.70. The fourth-order valence-electron chi connectivity index (χ4n) is 1.53. The molecule has 0 unspecified atom stereocenters. The van der Waals surface area contributed by atoms with E-state index in [1.54, 1.807) is 11.3 Å². The van der Waals surface area contributed by atoms with E-state index in [0.717, 1.165) is 15.6 Å². The quantitative estimate of drug-likeness (QED) is 0.868. The van der Waals surface area contributed by atoms with Crippen molar-refractivity contribution in [2.75, 3.05) is 6.54 Å². The van der Waals surface area contributed by atoms with Gasteiger partial charge in [0.1, 0.15) is 9.88 Å². The Bertz CT molecular complexity index is 582. The minimum Gasteiger partial charge on any atom is -0.345 e. The maximum absolute atomic E-state index is 12.2. The van der Waals surface area contributed by atoms with Crippen molar-refractivity contribution in [2.24, 2.45) is 5.73 Å². The van der Waals surface area contributed by atoms with Crippen LogP contribution in [0.4, 0.5) is 0 Å². The fraction of sp³-hybridized carbons (Fsp3) is 0.385. The van der Waals surface area contributed by atoms with Gasteiger partial charge in [-0.2, -0.15) is 0 Å². The Morgan fingerprint density at radius 3 is 2.62 bits per heavy atom. The van der Waals surface area contributed by atoms with Gasteiger partial charge >= 0.3 is 0 Å². The Hall–Kier alpha value is -0.660. The summed E-state index contributed by atoms with van der Waals surface area (Å²) in [4.78, 5) is 18.4. The van der Waals surface area contributed by atoms with E-state index in [4.69, 9.17) is 5.73 Å². The first kappa shape index (κ1) is 20.3. The number of hydrogen-bond acceptors (Lipinski definition) is 5. The summed E-state index contributed by atoms with van der Waals surface area (Å²) in [6.07, 6.45) is 0. The van der Waals surface area contributed by atoms with Crippen LogP contribution in [0, 0.1) is 6.92 Å². The van der Waals surface area contributed by atoms with E-state index in [0.29, 0.717) is 11.4 Å². The van der Waals surface area contributed by atoms with Gasteiger partial charge in [-0.3, -0.25) is 4.79 Å². The van der Waals surface area contributed by atoms with Crippen molar-refractivity contribution >= 4 is 53.4 Å². The summed E-state index contributed by atoms with van der Waals surface area (Å²) in [5, 5.41) is 5.83. The lowest BCUT2D eigenvalue weighted by Gasteiger charge is -2.23. The summed E-state index contributed by atoms with van der Waals surface area (Å²) in [6.45, 7) is 6.06. The molecule has 0 saturated carbocycles. The van der Waals surface area contributed by atoms with Crippen molar-refractivity contribution < 1.29 is 4.79 Å². The van der Waals surface area contributed by atoms with E-state index in [1.165, 1.54) is 11.3 Å². The van der Waals surface area contributed by atoms with Gasteiger partial charge in [-0.15, -0.1) is 47.5 Å². The predicted molar refractivity (Wildman–Crippen MR) is 95.3 cm³/mol. The molecule has 2 heterocycles. The van der Waals surface area contributed by atoms with Gasteiger partial charge in [-0.05, 0) is 32.2 Å². The first-order chi connectivity index (χ1) is 8.93. The number of halogens is 2. The van der Waals surface area contributed by atoms with E-state index in [2.05, 4.69) is 10.3 Å². The van der Waals surface area contributed by atoms with Crippen molar-refractivity contribution in [3.8, 4) is 9.88 Å². The molecule has 4 nitrogen and oxygen atoms in total. The zero-order chi connectivity index (χ0) is 14.0. The van der Waals surface area contributed by atoms with Gasteiger partial charge in [0.15, 0.2) is 0 Å². The van der Waals surface area contributed by atoms with Gasteiger partial charge in [0.2, 0.25) is 0 Å². The number of thiophene rings is 1. The molecule has 0 aliphatic heterocycles. The molecule has 2 aromatic rings. The number of nitrogens with one attached hydrogen (secondary N) is 1. The van der Waals surface area contributed by atoms with E-state index in [-0.39, 0.29) is 30.7 Å². The first-order valence-electron chi connectivity index (χ1n) is 5.97. The predicted octanol–water partition coefficient (Wildman–Crippen LogP) is 3.49. The lowest BCUT2D eigenvalue weighted by molar-refractivity contribution is 0.0919. The number of nitrogens with zero attached hydrogens (tertiary/aromatic N) is 1. The summed E-state index contributed by atoms with van der Waals surface area (Å²) >= 11 is 3.05. The molecule has 0 radical (unpaired) electrons. The zero-order valence-corrected chi connectivity index (χ0v) is 15.3. The molecular weight excluding hydrogens is 349 g/mol. The molecule has 2 rings (SSSR count). The Morgan fingerprint density at radius 2 is 2.10 bits per heavy atom. The van der Waals surface area contributed by atoms with E-state index >= 15 is 0 Å². The maximum Gasteiger partial charge on any atom is 0.263 e. The number of amides is 1. The Labute approximate surface area is 145 Å². The summed E-state index contributed by atoms with van der Waals surface area (Å²) in [5.74, 6) is -0.103. The summed E-state index contributed by atoms with van der Waals surface area (Å²) < 4.78 is 0. The lowest BCUT2D eigenvalue weighted by Crippen LogP contribution is -2.48. The second-order valence-corrected chi connectivity index (χ2v) is 6.90. The second-order valence-electron chi connectivity index (χ2n) is 4.95. The number of aryl methyl sites for hydroxylation is 1. The highest BCUT2D eigenvalue weighted by atomic mass is 35.5. The number of nitrogens with two attached hydrogens (primary N) is 1. The summed E-state index contributed by atoms with van der Waals surface area (Å²) in [6, 6.07) is 3.99. The average molecular weight is 368 g/mol. The van der Waals surface area contributed by atoms with Gasteiger partial charge in [-0.1, -0.05) is 6.07 Å². The average Bonchev–Trinajstić information content (AvgIpc) is 2.96. The molecule has 0 fully saturated rings. The molecule has 1 amide bonds. The second kappa shape index (κ2) is 8.10. The van der Waals surface area contributed by atoms with Crippen molar-refractivity contribution in [2.45, 2.75) is 26.3 Å². The number of hydrogen-bond donors (Lipinski definition) is 2. The molecule has 3 N–H and O–H groups in total. The van der Waals surface area contributed by atoms with Crippen LogP contribution >= 0.6 is 47.5 Å². The van der Waals surface area contributed by atoms with E-state index < -0.39 is 5.54 Å². The zero-order valence-electron chi connectivity index (χ0n) is 12.0. The molecule has 118 valence electrons. The highest BCUT2D eigenvalue weighted by Gasteiger charge is 2.23. The molecule has 2 aromatic heterocycles. The van der Waals surface area contributed by atoms with Crippen molar-refractivity contribution in [3.05, 3.63) is 28.1 Å². The van der Waals surface area contributed by atoms with Gasteiger partial charge in [0, 0.05) is 12.1 Å². The molecule has 0 aliphatic carbocycles. The highest BCUT2D eigenvalue weighted by molar-refractivity contribution is 7.22. The third kappa shape index (κ3) is 4.93. The minimum absolute atomic E-state index is 0. The minimum atomic E-state index is -0.406. The van der Waals surface area contributed by atoms with Crippen molar-refractivity contribution in [3.63, 3.8) is 0 Å². The molecule has 0 bridgehead atoms. The number of carbonyl (C=O) groups excluding carboxylic acids is 1. The van der Waals surface area contributed by atoms with Gasteiger partial charge < -0.3 is 11.1 Å². The van der Waals surface area contributed by atoms with Crippen LogP contribution < -0.4 is 11.1 Å². The fourth-order valence-corrected chi connectivity index (χ4v) is 3.29. The Balaban J connectivity index is 0.00000200. The van der Waals surface area contributed by atoms with Crippen LogP contribution in [0.15, 0.2) is 17.5 Å². The van der Waals surface area contributed by atoms with Crippen LogP contribution in [0.5, 0.6) is 0 Å². The Kier molecular flexibility index (Phi) is 7.84. The van der Waals surface area contributed by atoms with Crippen LogP contribution in [-0.2, 0) is 0 Å². The smallest absolute Gasteiger partial charge is 0.263 e. The van der Waals surface area contributed by atoms with Crippen molar-refractivity contribution in [1.82, 2.24) is 10.3 Å². The van der Waals surface area contributed by atoms with E-state index in [9.17, 15) is 4.79 Å². The van der Waals surface area contributed by atoms with E-state index in [1.807, 2.05) is 38.3 Å². The van der Waals surface area contributed by atoms with Crippen LogP contribution in [0.1, 0.15) is 29.2 Å². The highest BCUT2D eigenvalue weighted by Crippen LogP contribution is 2.31. The topological polar surface area (TPSA) is 68.0 Å². The van der Waals surface area contributed by atoms with Crippen molar-refractivity contribution in [1.29, 1.82) is 0 Å². The largest absolute Gasteiger partial charge is 0.345 e. The van der Waals surface area contributed by atoms with Crippen LogP contribution in [0.2, 0.25) is 0 Å². The molecule has 8 heteroatoms. The number of carbonyl (C=O) groups is 1. The molecule has 0 saturated heterocycles. The standard InChI is InChI=1S/C13H17N3OS2.2ClH/c1-8-10(11(17)16-13(2,3)7-14)19-12(15-8)9-5-4-6-18-9;;/h4-6H,7,14H2,1-3H3,(H,16,17);2*1H. The summed E-state index contributed by atoms with van der Waals surface area (Å²) in [7, 11) is 0. The van der Waals surface area contributed by atoms with Gasteiger partial charge in [0.25, 0.3) is 5.91 Å². The molecule has 0 atom stereocenters. The van der Waals surface area contributed by atoms with Gasteiger partial charge in [-0.25, -0.2) is 4.98 Å². The molecule has 21 heavy (non-hydrogen) atoms. The normalized spacial score (nSPS) is 10.5. The number of aromatic nitrogens is 1. The molecule has 0 aliphatic rings. The SMILES string of the molecule is Cc1nc(-c2cccs2)sc1C(=O)NC(C)(C)CN.Cl.Cl. The van der Waals surface area contributed by atoms with Crippen LogP contribution in [0.25, 0.3) is 9.88 Å². The molecule has 0 aromatic carbocycles. The Morgan fingerprint density at radius 1 is 1.43 bits per heavy atom. The maximum atomic E-state index is 12.2. The summed E-state index contributed by atoms with van der Waals surface area (Å²) in [5.41, 5.74) is 5.98. The molecule has 0 spiro atoms. The molecular formula is C13H19Cl2N3OS2. The van der Waals surface area contributed by atoms with Crippen LogP contribution in [0.3, 0.4) is 0 Å². The number of rotatable bonds is 4. The number of thiazole rings is 1. The monoisotopic (exact) mass is 367 g/mol. The third-order valence-corrected chi connectivity index (χ3v) is 4.89. The van der Waals surface area contributed by atoms with Gasteiger partial charge in [0.05, 0.1) is 10.6 Å². The first-order valence-corrected chi connectivity index (χ1v) is 7.66.